The SMILES string of the molecule is CC1(C)c2ccccc2N2c3ccccc3C(C)(C)c3cc(-c4cccc5c4sc4c(-c6cc7c8c(c6)C(C)(C)c6ccccc6N8c6ccccc6C7(C)C)cccc45)cc1c32. The van der Waals surface area contributed by atoms with Gasteiger partial charge in [-0.05, 0) is 115 Å². The average molecular weight is 831 g/mol. The lowest BCUT2D eigenvalue weighted by Gasteiger charge is -2.49. The van der Waals surface area contributed by atoms with E-state index < -0.39 is 0 Å². The zero-order valence-corrected chi connectivity index (χ0v) is 38.1. The van der Waals surface area contributed by atoms with E-state index in [1.54, 1.807) is 0 Å². The van der Waals surface area contributed by atoms with Crippen molar-refractivity contribution in [1.82, 2.24) is 0 Å². The van der Waals surface area contributed by atoms with E-state index >= 15 is 0 Å². The highest BCUT2D eigenvalue weighted by atomic mass is 32.1. The zero-order valence-electron chi connectivity index (χ0n) is 37.3. The smallest absolute Gasteiger partial charge is 0.0544 e. The molecule has 0 N–H and O–H groups in total. The van der Waals surface area contributed by atoms with Crippen LogP contribution < -0.4 is 9.80 Å². The van der Waals surface area contributed by atoms with Gasteiger partial charge in [-0.25, -0.2) is 0 Å². The van der Waals surface area contributed by atoms with Gasteiger partial charge in [0, 0.05) is 41.8 Å². The highest BCUT2D eigenvalue weighted by molar-refractivity contribution is 7.26. The van der Waals surface area contributed by atoms with Crippen LogP contribution in [0.15, 0.2) is 158 Å². The lowest BCUT2D eigenvalue weighted by molar-refractivity contribution is 0.597. The summed E-state index contributed by atoms with van der Waals surface area (Å²) in [7, 11) is 0. The Morgan fingerprint density at radius 1 is 0.317 bits per heavy atom. The molecule has 0 bridgehead atoms. The highest BCUT2D eigenvalue weighted by Gasteiger charge is 2.47. The molecule has 1 aromatic heterocycles. The zero-order chi connectivity index (χ0) is 42.9. The summed E-state index contributed by atoms with van der Waals surface area (Å²) in [6.07, 6.45) is 0. The Labute approximate surface area is 375 Å². The van der Waals surface area contributed by atoms with Gasteiger partial charge in [-0.15, -0.1) is 11.3 Å². The van der Waals surface area contributed by atoms with Gasteiger partial charge in [0.2, 0.25) is 0 Å². The fourth-order valence-corrected chi connectivity index (χ4v) is 13.7. The summed E-state index contributed by atoms with van der Waals surface area (Å²) in [5.74, 6) is 0. The van der Waals surface area contributed by atoms with Gasteiger partial charge in [0.15, 0.2) is 0 Å². The molecule has 63 heavy (non-hydrogen) atoms. The lowest BCUT2D eigenvalue weighted by Crippen LogP contribution is -2.38. The second kappa shape index (κ2) is 12.2. The fraction of sp³-hybridized carbons (Fsp3) is 0.200. The van der Waals surface area contributed by atoms with Crippen molar-refractivity contribution in [3.05, 3.63) is 202 Å². The third-order valence-electron chi connectivity index (χ3n) is 15.8. The highest BCUT2D eigenvalue weighted by Crippen LogP contribution is 2.63. The van der Waals surface area contributed by atoms with Crippen LogP contribution in [0.3, 0.4) is 0 Å². The summed E-state index contributed by atoms with van der Waals surface area (Å²) in [5.41, 5.74) is 23.3. The molecular formula is C60H50N2S. The number of fused-ring (bicyclic) bond motifs is 11. The molecule has 306 valence electrons. The lowest BCUT2D eigenvalue weighted by atomic mass is 9.65. The molecule has 9 aromatic rings. The number of hydrogen-bond acceptors (Lipinski definition) is 3. The molecule has 3 heteroatoms. The molecule has 0 aliphatic carbocycles. The van der Waals surface area contributed by atoms with Crippen molar-refractivity contribution in [2.24, 2.45) is 0 Å². The molecule has 0 saturated carbocycles. The Kier molecular flexibility index (Phi) is 7.19. The van der Waals surface area contributed by atoms with Crippen LogP contribution in [0.1, 0.15) is 99.9 Å². The van der Waals surface area contributed by atoms with E-state index in [0.29, 0.717) is 0 Å². The van der Waals surface area contributed by atoms with E-state index in [2.05, 4.69) is 223 Å². The number of rotatable bonds is 2. The first kappa shape index (κ1) is 37.2. The molecule has 4 aliphatic heterocycles. The van der Waals surface area contributed by atoms with E-state index in [-0.39, 0.29) is 21.7 Å². The molecule has 13 rings (SSSR count). The summed E-state index contributed by atoms with van der Waals surface area (Å²) < 4.78 is 2.70. The van der Waals surface area contributed by atoms with Crippen molar-refractivity contribution < 1.29 is 0 Å². The van der Waals surface area contributed by atoms with E-state index in [1.165, 1.54) is 121 Å². The summed E-state index contributed by atoms with van der Waals surface area (Å²) >= 11 is 1.97. The van der Waals surface area contributed by atoms with Gasteiger partial charge in [0.05, 0.1) is 34.1 Å². The minimum atomic E-state index is -0.193. The van der Waals surface area contributed by atoms with Gasteiger partial charge in [0.1, 0.15) is 0 Å². The molecule has 8 aromatic carbocycles. The van der Waals surface area contributed by atoms with Crippen LogP contribution in [-0.4, -0.2) is 0 Å². The Hall–Kier alpha value is -6.42. The standard InChI is InChI=1S/C60H50N2S/c1-57(2)41-23-9-13-27-49(41)61-50-28-14-10-24-42(50)58(3,4)46-32-35(31-45(57)53(46)61)37-19-17-21-39-40-22-18-20-38(56(40)63-55(37)39)36-33-47-54-48(34-36)60(7,8)44-26-12-16-30-52(44)62(54)51-29-15-11-25-43(51)59(47,5)6/h9-34H,1-8H3. The fourth-order valence-electron chi connectivity index (χ4n) is 12.4. The molecule has 0 atom stereocenters. The Morgan fingerprint density at radius 3 is 0.905 bits per heavy atom. The van der Waals surface area contributed by atoms with Crippen molar-refractivity contribution in [2.45, 2.75) is 77.0 Å². The van der Waals surface area contributed by atoms with Crippen molar-refractivity contribution >= 4 is 65.6 Å². The van der Waals surface area contributed by atoms with Crippen LogP contribution in [0, 0.1) is 0 Å². The summed E-state index contributed by atoms with van der Waals surface area (Å²) in [6.45, 7) is 19.4. The molecule has 0 spiro atoms. The molecule has 0 saturated heterocycles. The van der Waals surface area contributed by atoms with Gasteiger partial charge in [0.25, 0.3) is 0 Å². The second-order valence-corrected chi connectivity index (χ2v) is 21.6. The maximum atomic E-state index is 2.56. The van der Waals surface area contributed by atoms with Gasteiger partial charge >= 0.3 is 0 Å². The first-order valence-electron chi connectivity index (χ1n) is 22.6. The summed E-state index contributed by atoms with van der Waals surface area (Å²) in [6, 6.07) is 60.4. The van der Waals surface area contributed by atoms with Crippen molar-refractivity contribution in [1.29, 1.82) is 0 Å². The van der Waals surface area contributed by atoms with Crippen molar-refractivity contribution in [3.63, 3.8) is 0 Å². The number of anilines is 6. The van der Waals surface area contributed by atoms with Crippen LogP contribution in [-0.2, 0) is 21.7 Å². The minimum absolute atomic E-state index is 0.193. The Morgan fingerprint density at radius 2 is 0.603 bits per heavy atom. The van der Waals surface area contributed by atoms with Gasteiger partial charge in [-0.2, -0.15) is 0 Å². The van der Waals surface area contributed by atoms with Gasteiger partial charge in [-0.3, -0.25) is 0 Å². The van der Waals surface area contributed by atoms with Crippen LogP contribution in [0.2, 0.25) is 0 Å². The van der Waals surface area contributed by atoms with Crippen LogP contribution in [0.4, 0.5) is 34.1 Å². The molecule has 4 aliphatic rings. The summed E-state index contributed by atoms with van der Waals surface area (Å²) in [4.78, 5) is 5.12. The maximum absolute atomic E-state index is 2.56. The van der Waals surface area contributed by atoms with Crippen LogP contribution in [0.25, 0.3) is 42.4 Å². The van der Waals surface area contributed by atoms with Crippen molar-refractivity contribution in [2.75, 3.05) is 9.80 Å². The molecule has 2 nitrogen and oxygen atoms in total. The molecule has 5 heterocycles. The van der Waals surface area contributed by atoms with E-state index in [4.69, 9.17) is 0 Å². The predicted octanol–water partition coefficient (Wildman–Crippen LogP) is 16.9. The first-order chi connectivity index (χ1) is 30.3. The molecule has 0 amide bonds. The quantitative estimate of drug-likeness (QED) is 0.171. The van der Waals surface area contributed by atoms with Gasteiger partial charge in [-0.1, -0.05) is 165 Å². The van der Waals surface area contributed by atoms with E-state index in [1.807, 2.05) is 11.3 Å². The largest absolute Gasteiger partial charge is 0.309 e. The monoisotopic (exact) mass is 830 g/mol. The first-order valence-corrected chi connectivity index (χ1v) is 23.4. The van der Waals surface area contributed by atoms with Gasteiger partial charge < -0.3 is 9.80 Å². The summed E-state index contributed by atoms with van der Waals surface area (Å²) in [5, 5.41) is 2.65. The maximum Gasteiger partial charge on any atom is 0.0544 e. The Bertz CT molecular complexity index is 3090. The molecular weight excluding hydrogens is 781 g/mol. The van der Waals surface area contributed by atoms with Crippen LogP contribution >= 0.6 is 11.3 Å². The third-order valence-corrected chi connectivity index (χ3v) is 17.1. The number of hydrogen-bond donors (Lipinski definition) is 0. The number of para-hydroxylation sites is 4. The minimum Gasteiger partial charge on any atom is -0.309 e. The average Bonchev–Trinajstić information content (AvgIpc) is 3.68. The number of benzene rings is 8. The third kappa shape index (κ3) is 4.63. The molecule has 0 unspecified atom stereocenters. The second-order valence-electron chi connectivity index (χ2n) is 20.5. The predicted molar refractivity (Wildman–Crippen MR) is 268 cm³/mol. The topological polar surface area (TPSA) is 6.48 Å². The van der Waals surface area contributed by atoms with E-state index in [9.17, 15) is 0 Å². The van der Waals surface area contributed by atoms with Crippen molar-refractivity contribution in [3.8, 4) is 22.3 Å². The number of nitrogens with zero attached hydrogens (tertiary/aromatic N) is 2. The molecule has 0 radical (unpaired) electrons. The molecule has 0 fully saturated rings. The number of thiophene rings is 1. The normalized spacial score (nSPS) is 17.3. The Balaban J connectivity index is 1.04. The van der Waals surface area contributed by atoms with E-state index in [0.717, 1.165) is 0 Å². The van der Waals surface area contributed by atoms with Crippen LogP contribution in [0.5, 0.6) is 0 Å².